The van der Waals surface area contributed by atoms with Gasteiger partial charge in [-0.05, 0) is 55.0 Å². The molecule has 0 bridgehead atoms. The van der Waals surface area contributed by atoms with Crippen LogP contribution in [-0.2, 0) is 4.79 Å². The highest BCUT2D eigenvalue weighted by molar-refractivity contribution is 6.09. The Morgan fingerprint density at radius 2 is 1.37 bits per heavy atom. The van der Waals surface area contributed by atoms with Gasteiger partial charge in [-0.2, -0.15) is 0 Å². The van der Waals surface area contributed by atoms with Crippen LogP contribution in [0.15, 0.2) is 78.9 Å². The zero-order chi connectivity index (χ0) is 21.3. The Bertz CT molecular complexity index is 1010. The summed E-state index contributed by atoms with van der Waals surface area (Å²) in [4.78, 5) is 36.4. The molecule has 0 aromatic heterocycles. The first-order chi connectivity index (χ1) is 14.6. The van der Waals surface area contributed by atoms with Crippen molar-refractivity contribution in [3.63, 3.8) is 0 Å². The molecule has 1 N–H and O–H groups in total. The highest BCUT2D eigenvalue weighted by atomic mass is 16.5. The van der Waals surface area contributed by atoms with Gasteiger partial charge in [0, 0.05) is 28.8 Å². The first-order valence-corrected chi connectivity index (χ1v) is 9.82. The standard InChI is InChI=1S/C25H23NO4/c1-2-6-24(28)26-21-13-9-18(10-14-21)23(27)17-30-22-15-11-20(12-16-22)25(29)19-7-4-3-5-8-19/h3-5,7-16H,2,6,17H2,1H3,(H,26,28). The second-order valence-corrected chi connectivity index (χ2v) is 6.81. The lowest BCUT2D eigenvalue weighted by atomic mass is 10.0. The van der Waals surface area contributed by atoms with E-state index in [1.165, 1.54) is 0 Å². The molecule has 0 aliphatic heterocycles. The van der Waals surface area contributed by atoms with Crippen molar-refractivity contribution in [2.75, 3.05) is 11.9 Å². The van der Waals surface area contributed by atoms with Crippen LogP contribution < -0.4 is 10.1 Å². The van der Waals surface area contributed by atoms with Crippen LogP contribution in [0.25, 0.3) is 0 Å². The molecule has 5 nitrogen and oxygen atoms in total. The molecule has 0 saturated heterocycles. The van der Waals surface area contributed by atoms with E-state index in [2.05, 4.69) is 5.32 Å². The summed E-state index contributed by atoms with van der Waals surface area (Å²) in [5, 5.41) is 2.78. The predicted octanol–water partition coefficient (Wildman–Crippen LogP) is 4.92. The Balaban J connectivity index is 1.54. The van der Waals surface area contributed by atoms with Crippen LogP contribution in [0.4, 0.5) is 5.69 Å². The van der Waals surface area contributed by atoms with Crippen LogP contribution in [-0.4, -0.2) is 24.1 Å². The molecular weight excluding hydrogens is 378 g/mol. The first-order valence-electron chi connectivity index (χ1n) is 9.82. The molecule has 0 aliphatic rings. The molecule has 0 atom stereocenters. The Kier molecular flexibility index (Phi) is 7.11. The number of benzene rings is 3. The number of Topliss-reactive ketones (excluding diaryl/α,β-unsaturated/α-hetero) is 1. The lowest BCUT2D eigenvalue weighted by molar-refractivity contribution is -0.116. The maximum Gasteiger partial charge on any atom is 0.224 e. The topological polar surface area (TPSA) is 72.5 Å². The number of carbonyl (C=O) groups excluding carboxylic acids is 3. The number of anilines is 1. The van der Waals surface area contributed by atoms with Gasteiger partial charge in [0.25, 0.3) is 0 Å². The molecule has 0 heterocycles. The average Bonchev–Trinajstić information content (AvgIpc) is 2.78. The molecule has 0 spiro atoms. The van der Waals surface area contributed by atoms with Crippen molar-refractivity contribution in [2.45, 2.75) is 19.8 Å². The molecule has 0 fully saturated rings. The van der Waals surface area contributed by atoms with E-state index in [0.29, 0.717) is 34.5 Å². The largest absolute Gasteiger partial charge is 0.485 e. The average molecular weight is 401 g/mol. The van der Waals surface area contributed by atoms with Gasteiger partial charge < -0.3 is 10.1 Å². The first kappa shape index (κ1) is 21.0. The summed E-state index contributed by atoms with van der Waals surface area (Å²) in [6.45, 7) is 1.82. The monoisotopic (exact) mass is 401 g/mol. The number of amides is 1. The van der Waals surface area contributed by atoms with Gasteiger partial charge in [-0.1, -0.05) is 37.3 Å². The zero-order valence-corrected chi connectivity index (χ0v) is 16.8. The van der Waals surface area contributed by atoms with Crippen molar-refractivity contribution < 1.29 is 19.1 Å². The summed E-state index contributed by atoms with van der Waals surface area (Å²) in [5.74, 6) is 0.223. The van der Waals surface area contributed by atoms with Gasteiger partial charge in [0.1, 0.15) is 5.75 Å². The van der Waals surface area contributed by atoms with Crippen LogP contribution in [0.5, 0.6) is 5.75 Å². The molecule has 3 rings (SSSR count). The number of ether oxygens (including phenoxy) is 1. The third-order valence-corrected chi connectivity index (χ3v) is 4.49. The maximum absolute atomic E-state index is 12.4. The summed E-state index contributed by atoms with van der Waals surface area (Å²) in [5.41, 5.74) is 2.33. The molecule has 0 radical (unpaired) electrons. The summed E-state index contributed by atoms with van der Waals surface area (Å²) >= 11 is 0. The third-order valence-electron chi connectivity index (χ3n) is 4.49. The summed E-state index contributed by atoms with van der Waals surface area (Å²) in [6.07, 6.45) is 1.24. The van der Waals surface area contributed by atoms with E-state index < -0.39 is 0 Å². The van der Waals surface area contributed by atoms with E-state index in [-0.39, 0.29) is 24.1 Å². The van der Waals surface area contributed by atoms with Gasteiger partial charge in [-0.15, -0.1) is 0 Å². The molecule has 3 aromatic carbocycles. The third kappa shape index (κ3) is 5.64. The van der Waals surface area contributed by atoms with Gasteiger partial charge in [-0.3, -0.25) is 14.4 Å². The minimum Gasteiger partial charge on any atom is -0.485 e. The number of carbonyl (C=O) groups is 3. The fraction of sp³-hybridized carbons (Fsp3) is 0.160. The molecule has 0 unspecified atom stereocenters. The van der Waals surface area contributed by atoms with Crippen LogP contribution in [0.1, 0.15) is 46.0 Å². The molecule has 152 valence electrons. The van der Waals surface area contributed by atoms with E-state index >= 15 is 0 Å². The second kappa shape index (κ2) is 10.2. The minimum absolute atomic E-state index is 0.0471. The number of ketones is 2. The fourth-order valence-electron chi connectivity index (χ4n) is 2.88. The fourth-order valence-corrected chi connectivity index (χ4v) is 2.88. The number of rotatable bonds is 9. The normalized spacial score (nSPS) is 10.3. The van der Waals surface area contributed by atoms with Crippen molar-refractivity contribution in [1.29, 1.82) is 0 Å². The van der Waals surface area contributed by atoms with Gasteiger partial charge in [0.15, 0.2) is 18.2 Å². The van der Waals surface area contributed by atoms with Gasteiger partial charge in [0.2, 0.25) is 5.91 Å². The molecule has 0 saturated carbocycles. The van der Waals surface area contributed by atoms with Crippen molar-refractivity contribution in [1.82, 2.24) is 0 Å². The predicted molar refractivity (Wildman–Crippen MR) is 116 cm³/mol. The van der Waals surface area contributed by atoms with Crippen LogP contribution in [0, 0.1) is 0 Å². The van der Waals surface area contributed by atoms with Gasteiger partial charge in [0.05, 0.1) is 0 Å². The Labute approximate surface area is 175 Å². The van der Waals surface area contributed by atoms with Crippen molar-refractivity contribution >= 4 is 23.2 Å². The van der Waals surface area contributed by atoms with Crippen molar-refractivity contribution in [3.8, 4) is 5.75 Å². The number of nitrogens with one attached hydrogen (secondary N) is 1. The van der Waals surface area contributed by atoms with Crippen LogP contribution >= 0.6 is 0 Å². The number of hydrogen-bond donors (Lipinski definition) is 1. The number of hydrogen-bond acceptors (Lipinski definition) is 4. The molecular formula is C25H23NO4. The highest BCUT2D eigenvalue weighted by Crippen LogP contribution is 2.16. The van der Waals surface area contributed by atoms with E-state index in [1.807, 2.05) is 25.1 Å². The van der Waals surface area contributed by atoms with E-state index in [1.54, 1.807) is 60.7 Å². The van der Waals surface area contributed by atoms with Gasteiger partial charge in [-0.25, -0.2) is 0 Å². The quantitative estimate of drug-likeness (QED) is 0.517. The Morgan fingerprint density at radius 1 is 0.767 bits per heavy atom. The summed E-state index contributed by atoms with van der Waals surface area (Å²) in [7, 11) is 0. The van der Waals surface area contributed by atoms with Crippen molar-refractivity contribution in [2.24, 2.45) is 0 Å². The molecule has 0 aliphatic carbocycles. The van der Waals surface area contributed by atoms with E-state index in [0.717, 1.165) is 6.42 Å². The lowest BCUT2D eigenvalue weighted by Crippen LogP contribution is -2.13. The highest BCUT2D eigenvalue weighted by Gasteiger charge is 2.10. The molecule has 1 amide bonds. The lowest BCUT2D eigenvalue weighted by Gasteiger charge is -2.08. The smallest absolute Gasteiger partial charge is 0.224 e. The van der Waals surface area contributed by atoms with E-state index in [9.17, 15) is 14.4 Å². The SMILES string of the molecule is CCCC(=O)Nc1ccc(C(=O)COc2ccc(C(=O)c3ccccc3)cc2)cc1. The van der Waals surface area contributed by atoms with Crippen molar-refractivity contribution in [3.05, 3.63) is 95.6 Å². The zero-order valence-electron chi connectivity index (χ0n) is 16.8. The Morgan fingerprint density at radius 3 is 2.00 bits per heavy atom. The van der Waals surface area contributed by atoms with Crippen LogP contribution in [0.2, 0.25) is 0 Å². The van der Waals surface area contributed by atoms with E-state index in [4.69, 9.17) is 4.74 Å². The maximum atomic E-state index is 12.4. The molecule has 5 heteroatoms. The van der Waals surface area contributed by atoms with Crippen LogP contribution in [0.3, 0.4) is 0 Å². The minimum atomic E-state index is -0.175. The summed E-state index contributed by atoms with van der Waals surface area (Å²) < 4.78 is 5.56. The summed E-state index contributed by atoms with van der Waals surface area (Å²) in [6, 6.07) is 22.5. The molecule has 3 aromatic rings. The van der Waals surface area contributed by atoms with Gasteiger partial charge >= 0.3 is 0 Å². The second-order valence-electron chi connectivity index (χ2n) is 6.81. The Hall–Kier alpha value is -3.73. The molecule has 30 heavy (non-hydrogen) atoms.